The van der Waals surface area contributed by atoms with Crippen LogP contribution < -0.4 is 0 Å². The molecule has 3 aromatic heterocycles. The molecule has 0 atom stereocenters. The summed E-state index contributed by atoms with van der Waals surface area (Å²) in [6.45, 7) is -0.410. The lowest BCUT2D eigenvalue weighted by Crippen LogP contribution is -2.17. The molecule has 0 N–H and O–H groups in total. The van der Waals surface area contributed by atoms with Gasteiger partial charge in [-0.05, 0) is 28.6 Å². The smallest absolute Gasteiger partial charge is 0.236 e. The summed E-state index contributed by atoms with van der Waals surface area (Å²) >= 11 is 23.9. The lowest BCUT2D eigenvalue weighted by atomic mass is 10.3. The van der Waals surface area contributed by atoms with Gasteiger partial charge in [-0.1, -0.05) is 46.4 Å². The second-order valence-electron chi connectivity index (χ2n) is 4.90. The molecule has 0 radical (unpaired) electrons. The number of aromatic nitrogens is 7. The van der Waals surface area contributed by atoms with Crippen LogP contribution in [-0.2, 0) is 16.5 Å². The van der Waals surface area contributed by atoms with Crippen LogP contribution in [0.3, 0.4) is 0 Å². The quantitative estimate of drug-likeness (QED) is 0.572. The Morgan fingerprint density at radius 3 is 2.50 bits per heavy atom. The Bertz CT molecular complexity index is 932. The van der Waals surface area contributed by atoms with Crippen LogP contribution in [0.5, 0.6) is 0 Å². The molecule has 0 bridgehead atoms. The number of pyridine rings is 1. The maximum Gasteiger partial charge on any atom is 0.453 e. The fourth-order valence-electron chi connectivity index (χ4n) is 2.07. The summed E-state index contributed by atoms with van der Waals surface area (Å²) in [6.07, 6.45) is -3.29. The molecule has 0 saturated carbocycles. The Labute approximate surface area is 163 Å². The Hall–Kier alpha value is -1.62. The first-order valence-electron chi connectivity index (χ1n) is 6.68. The third kappa shape index (κ3) is 3.88. The van der Waals surface area contributed by atoms with Gasteiger partial charge in [-0.3, -0.25) is 0 Å². The molecule has 0 aromatic carbocycles. The number of nitrogens with zero attached hydrogens (tertiary/aromatic N) is 7. The van der Waals surface area contributed by atoms with E-state index in [4.69, 9.17) is 46.4 Å². The number of hydrogen-bond acceptors (Lipinski definition) is 5. The lowest BCUT2D eigenvalue weighted by Gasteiger charge is -2.13. The van der Waals surface area contributed by atoms with E-state index in [0.29, 0.717) is 4.68 Å². The number of rotatable bonds is 3. The topological polar surface area (TPSA) is 74.3 Å². The minimum absolute atomic E-state index is 0.0414. The van der Waals surface area contributed by atoms with Crippen molar-refractivity contribution < 1.29 is 13.2 Å². The molecule has 0 amide bonds. The molecule has 3 aromatic rings. The van der Waals surface area contributed by atoms with Gasteiger partial charge in [-0.25, -0.2) is 14.3 Å². The van der Waals surface area contributed by atoms with Crippen molar-refractivity contribution in [3.63, 3.8) is 0 Å². The van der Waals surface area contributed by atoms with Crippen LogP contribution >= 0.6 is 46.4 Å². The first kappa shape index (κ1) is 19.2. The number of hydrogen-bond donors (Lipinski definition) is 0. The highest BCUT2D eigenvalue weighted by molar-refractivity contribution is 6.66. The van der Waals surface area contributed by atoms with Gasteiger partial charge in [0, 0.05) is 6.20 Å². The fraction of sp³-hybridized carbons (Fsp3) is 0.250. The fourth-order valence-corrected chi connectivity index (χ4v) is 2.68. The van der Waals surface area contributed by atoms with Crippen LogP contribution in [0.25, 0.3) is 5.82 Å². The van der Waals surface area contributed by atoms with Crippen molar-refractivity contribution in [2.75, 3.05) is 0 Å². The van der Waals surface area contributed by atoms with Crippen molar-refractivity contribution in [1.29, 1.82) is 0 Å². The predicted octanol–water partition coefficient (Wildman–Crippen LogP) is 3.80. The highest BCUT2D eigenvalue weighted by atomic mass is 35.6. The molecule has 0 fully saturated rings. The maximum atomic E-state index is 12.9. The van der Waals surface area contributed by atoms with Crippen LogP contribution in [0.1, 0.15) is 17.2 Å². The normalized spacial score (nSPS) is 12.6. The Morgan fingerprint density at radius 2 is 1.88 bits per heavy atom. The molecule has 3 heterocycles. The van der Waals surface area contributed by atoms with Gasteiger partial charge in [0.2, 0.25) is 3.79 Å². The molecular formula is C12H6Cl4F3N7. The van der Waals surface area contributed by atoms with Crippen molar-refractivity contribution in [1.82, 2.24) is 35.0 Å². The molecule has 0 aliphatic carbocycles. The molecule has 0 spiro atoms. The third-order valence-electron chi connectivity index (χ3n) is 3.09. The zero-order chi connectivity index (χ0) is 19.1. The van der Waals surface area contributed by atoms with Gasteiger partial charge in [0.25, 0.3) is 5.82 Å². The Balaban J connectivity index is 2.06. The molecule has 0 saturated heterocycles. The van der Waals surface area contributed by atoms with E-state index in [1.807, 2.05) is 0 Å². The van der Waals surface area contributed by atoms with Gasteiger partial charge in [-0.2, -0.15) is 18.3 Å². The zero-order valence-electron chi connectivity index (χ0n) is 12.3. The van der Waals surface area contributed by atoms with Crippen LogP contribution in [0.15, 0.2) is 24.4 Å². The minimum Gasteiger partial charge on any atom is -0.236 e. The first-order chi connectivity index (χ1) is 12.1. The summed E-state index contributed by atoms with van der Waals surface area (Å²) in [7, 11) is 0. The number of halogens is 7. The van der Waals surface area contributed by atoms with E-state index < -0.39 is 22.3 Å². The van der Waals surface area contributed by atoms with E-state index in [0.717, 1.165) is 4.68 Å². The summed E-state index contributed by atoms with van der Waals surface area (Å²) in [6, 6.07) is 4.43. The minimum atomic E-state index is -4.73. The monoisotopic (exact) mass is 445 g/mol. The maximum absolute atomic E-state index is 12.9. The molecule has 138 valence electrons. The van der Waals surface area contributed by atoms with E-state index in [-0.39, 0.29) is 22.2 Å². The van der Waals surface area contributed by atoms with Crippen molar-refractivity contribution in [2.45, 2.75) is 16.5 Å². The first-order valence-corrected chi connectivity index (χ1v) is 8.19. The van der Waals surface area contributed by atoms with E-state index in [1.165, 1.54) is 18.3 Å². The SMILES string of the molecule is FC(F)(F)c1nnnn1Cc1cc(C(Cl)(Cl)Cl)n(-c2ncccc2Cl)n1. The summed E-state index contributed by atoms with van der Waals surface area (Å²) in [4.78, 5) is 4.06. The van der Waals surface area contributed by atoms with E-state index in [2.05, 4.69) is 25.6 Å². The molecule has 0 aliphatic rings. The van der Waals surface area contributed by atoms with Crippen molar-refractivity contribution in [3.8, 4) is 5.82 Å². The second-order valence-corrected chi connectivity index (χ2v) is 7.59. The largest absolute Gasteiger partial charge is 0.453 e. The standard InChI is InChI=1S/C12H6Cl4F3N7/c13-7-2-1-3-20-9(7)26-8(11(14,15)16)4-6(22-26)5-25-10(12(17,18)19)21-23-24-25/h1-4H,5H2. The molecule has 0 aliphatic heterocycles. The van der Waals surface area contributed by atoms with Crippen molar-refractivity contribution in [3.05, 3.63) is 46.6 Å². The average Bonchev–Trinajstić information content (AvgIpc) is 3.14. The second kappa shape index (κ2) is 6.84. The molecule has 14 heteroatoms. The van der Waals surface area contributed by atoms with Crippen molar-refractivity contribution >= 4 is 46.4 Å². The summed E-state index contributed by atoms with van der Waals surface area (Å²) in [5, 5.41) is 13.7. The Morgan fingerprint density at radius 1 is 1.15 bits per heavy atom. The average molecular weight is 447 g/mol. The third-order valence-corrected chi connectivity index (χ3v) is 3.96. The van der Waals surface area contributed by atoms with Crippen LogP contribution in [0.2, 0.25) is 5.02 Å². The van der Waals surface area contributed by atoms with Crippen LogP contribution in [-0.4, -0.2) is 35.0 Å². The van der Waals surface area contributed by atoms with Gasteiger partial charge in [0.05, 0.1) is 23.0 Å². The zero-order valence-corrected chi connectivity index (χ0v) is 15.3. The Kier molecular flexibility index (Phi) is 5.04. The molecule has 26 heavy (non-hydrogen) atoms. The molecular weight excluding hydrogens is 441 g/mol. The van der Waals surface area contributed by atoms with Crippen LogP contribution in [0.4, 0.5) is 13.2 Å². The van der Waals surface area contributed by atoms with Gasteiger partial charge in [-0.15, -0.1) is 5.10 Å². The van der Waals surface area contributed by atoms with E-state index in [1.54, 1.807) is 6.07 Å². The van der Waals surface area contributed by atoms with Gasteiger partial charge in [0.15, 0.2) is 5.82 Å². The molecule has 0 unspecified atom stereocenters. The van der Waals surface area contributed by atoms with Crippen molar-refractivity contribution in [2.24, 2.45) is 0 Å². The number of tetrazole rings is 1. The lowest BCUT2D eigenvalue weighted by molar-refractivity contribution is -0.147. The van der Waals surface area contributed by atoms with Gasteiger partial charge in [0.1, 0.15) is 0 Å². The summed E-state index contributed by atoms with van der Waals surface area (Å²) in [5.74, 6) is -1.13. The predicted molar refractivity (Wildman–Crippen MR) is 87.5 cm³/mol. The summed E-state index contributed by atoms with van der Waals surface area (Å²) < 4.78 is 38.4. The van der Waals surface area contributed by atoms with E-state index in [9.17, 15) is 13.2 Å². The highest BCUT2D eigenvalue weighted by Crippen LogP contribution is 2.40. The van der Waals surface area contributed by atoms with Crippen LogP contribution in [0, 0.1) is 0 Å². The highest BCUT2D eigenvalue weighted by Gasteiger charge is 2.38. The summed E-state index contributed by atoms with van der Waals surface area (Å²) in [5.41, 5.74) is 0.144. The molecule has 3 rings (SSSR count). The number of alkyl halides is 6. The van der Waals surface area contributed by atoms with Gasteiger partial charge < -0.3 is 0 Å². The van der Waals surface area contributed by atoms with Gasteiger partial charge >= 0.3 is 6.18 Å². The van der Waals surface area contributed by atoms with E-state index >= 15 is 0 Å². The molecule has 7 nitrogen and oxygen atoms in total.